The highest BCUT2D eigenvalue weighted by atomic mass is 35.5. The third-order valence-corrected chi connectivity index (χ3v) is 4.09. The van der Waals surface area contributed by atoms with E-state index >= 15 is 0 Å². The predicted octanol–water partition coefficient (Wildman–Crippen LogP) is 2.82. The average Bonchev–Trinajstić information content (AvgIpc) is 2.41. The van der Waals surface area contributed by atoms with Crippen LogP contribution in [0.2, 0.25) is 15.1 Å². The maximum atomic E-state index is 12.1. The molecule has 0 spiro atoms. The van der Waals surface area contributed by atoms with Crippen LogP contribution in [0.1, 0.15) is 12.8 Å². The van der Waals surface area contributed by atoms with Crippen LogP contribution in [0.15, 0.2) is 6.07 Å². The minimum Gasteiger partial charge on any atom is -0.504 e. The summed E-state index contributed by atoms with van der Waals surface area (Å²) in [5.74, 6) is -1.42. The molecule has 1 atom stereocenters. The lowest BCUT2D eigenvalue weighted by Crippen LogP contribution is -2.38. The van der Waals surface area contributed by atoms with Gasteiger partial charge in [-0.3, -0.25) is 9.59 Å². The number of phenolic OH excluding ortho intramolecular Hbond substituents is 1. The number of benzene rings is 1. The van der Waals surface area contributed by atoms with Crippen LogP contribution in [0.4, 0.5) is 5.69 Å². The number of hydrogen-bond acceptors (Lipinski definition) is 3. The van der Waals surface area contributed by atoms with E-state index in [-0.39, 0.29) is 38.8 Å². The second-order valence-corrected chi connectivity index (χ2v) is 5.60. The molecular formula is C12H11Cl3N2O3. The molecule has 0 unspecified atom stereocenters. The summed E-state index contributed by atoms with van der Waals surface area (Å²) >= 11 is 17.6. The standard InChI is InChI=1S/C12H11Cl3N2O3/c13-6-4-7(14)11(19)10(9(6)15)17-12(20)5-1-2-16-8(18)3-5/h4-5,19H,1-3H2,(H,16,18)(H,17,20)/t5-/m0/s1. The second-order valence-electron chi connectivity index (χ2n) is 4.41. The Morgan fingerprint density at radius 3 is 2.70 bits per heavy atom. The Hall–Kier alpha value is -1.17. The summed E-state index contributed by atoms with van der Waals surface area (Å²) in [6.07, 6.45) is 0.614. The molecular weight excluding hydrogens is 327 g/mol. The van der Waals surface area contributed by atoms with Crippen molar-refractivity contribution in [1.29, 1.82) is 0 Å². The molecule has 5 nitrogen and oxygen atoms in total. The monoisotopic (exact) mass is 336 g/mol. The van der Waals surface area contributed by atoms with Gasteiger partial charge < -0.3 is 15.7 Å². The van der Waals surface area contributed by atoms with E-state index in [0.717, 1.165) is 0 Å². The summed E-state index contributed by atoms with van der Waals surface area (Å²) in [4.78, 5) is 23.4. The highest BCUT2D eigenvalue weighted by Crippen LogP contribution is 2.42. The zero-order valence-corrected chi connectivity index (χ0v) is 12.4. The average molecular weight is 338 g/mol. The second kappa shape index (κ2) is 6.08. The number of rotatable bonds is 2. The molecule has 1 saturated heterocycles. The van der Waals surface area contributed by atoms with Gasteiger partial charge in [0.2, 0.25) is 11.8 Å². The number of nitrogens with one attached hydrogen (secondary N) is 2. The van der Waals surface area contributed by atoms with Crippen molar-refractivity contribution in [2.75, 3.05) is 11.9 Å². The van der Waals surface area contributed by atoms with E-state index in [9.17, 15) is 14.7 Å². The smallest absolute Gasteiger partial charge is 0.228 e. The summed E-state index contributed by atoms with van der Waals surface area (Å²) in [5.41, 5.74) is -0.0415. The number of halogens is 3. The van der Waals surface area contributed by atoms with Gasteiger partial charge in [0.1, 0.15) is 5.69 Å². The van der Waals surface area contributed by atoms with E-state index in [2.05, 4.69) is 10.6 Å². The molecule has 1 aliphatic rings. The zero-order valence-electron chi connectivity index (χ0n) is 10.2. The molecule has 0 aromatic heterocycles. The molecule has 0 bridgehead atoms. The van der Waals surface area contributed by atoms with Crippen molar-refractivity contribution in [2.24, 2.45) is 5.92 Å². The number of phenols is 1. The van der Waals surface area contributed by atoms with Gasteiger partial charge in [0.05, 0.1) is 15.1 Å². The molecule has 0 radical (unpaired) electrons. The van der Waals surface area contributed by atoms with Gasteiger partial charge in [-0.15, -0.1) is 0 Å². The summed E-state index contributed by atoms with van der Waals surface area (Å²) in [5, 5.41) is 15.1. The minimum absolute atomic E-state index is 0.00202. The van der Waals surface area contributed by atoms with Gasteiger partial charge in [-0.05, 0) is 12.5 Å². The van der Waals surface area contributed by atoms with Gasteiger partial charge in [0.25, 0.3) is 0 Å². The van der Waals surface area contributed by atoms with E-state index in [1.54, 1.807) is 0 Å². The topological polar surface area (TPSA) is 78.4 Å². The van der Waals surface area contributed by atoms with Crippen LogP contribution in [-0.4, -0.2) is 23.5 Å². The van der Waals surface area contributed by atoms with Crippen LogP contribution in [-0.2, 0) is 9.59 Å². The Bertz CT molecular complexity index is 551. The molecule has 0 saturated carbocycles. The SMILES string of the molecule is O=C1C[C@@H](C(=O)Nc2c(O)c(Cl)cc(Cl)c2Cl)CCN1. The molecule has 0 aliphatic carbocycles. The molecule has 3 N–H and O–H groups in total. The molecule has 2 rings (SSSR count). The van der Waals surface area contributed by atoms with E-state index < -0.39 is 11.8 Å². The van der Waals surface area contributed by atoms with Crippen LogP contribution >= 0.6 is 34.8 Å². The fourth-order valence-corrected chi connectivity index (χ4v) is 2.59. The van der Waals surface area contributed by atoms with E-state index in [0.29, 0.717) is 13.0 Å². The first-order chi connectivity index (χ1) is 9.40. The lowest BCUT2D eigenvalue weighted by atomic mass is 9.96. The van der Waals surface area contributed by atoms with Crippen molar-refractivity contribution < 1.29 is 14.7 Å². The molecule has 108 valence electrons. The highest BCUT2D eigenvalue weighted by molar-refractivity contribution is 6.46. The Kier molecular flexibility index (Phi) is 4.62. The summed E-state index contributed by atoms with van der Waals surface area (Å²) in [7, 11) is 0. The number of carbonyl (C=O) groups excluding carboxylic acids is 2. The fourth-order valence-electron chi connectivity index (χ4n) is 1.93. The van der Waals surface area contributed by atoms with Crippen molar-refractivity contribution in [3.8, 4) is 5.75 Å². The third-order valence-electron chi connectivity index (χ3n) is 3.01. The lowest BCUT2D eigenvalue weighted by molar-refractivity contribution is -0.129. The molecule has 1 heterocycles. The minimum atomic E-state index is -0.475. The summed E-state index contributed by atoms with van der Waals surface area (Å²) in [6.45, 7) is 0.437. The number of carbonyl (C=O) groups is 2. The molecule has 1 aromatic carbocycles. The van der Waals surface area contributed by atoms with Crippen LogP contribution < -0.4 is 10.6 Å². The Morgan fingerprint density at radius 2 is 2.05 bits per heavy atom. The number of aromatic hydroxyl groups is 1. The number of hydrogen-bond donors (Lipinski definition) is 3. The van der Waals surface area contributed by atoms with Crippen LogP contribution in [0, 0.1) is 5.92 Å². The predicted molar refractivity (Wildman–Crippen MR) is 77.5 cm³/mol. The number of piperidine rings is 1. The van der Waals surface area contributed by atoms with Gasteiger partial charge in [-0.1, -0.05) is 34.8 Å². The Morgan fingerprint density at radius 1 is 1.35 bits per heavy atom. The van der Waals surface area contributed by atoms with Gasteiger partial charge in [0.15, 0.2) is 5.75 Å². The Labute approximate surface area is 130 Å². The van der Waals surface area contributed by atoms with E-state index in [4.69, 9.17) is 34.8 Å². The summed E-state index contributed by atoms with van der Waals surface area (Å²) < 4.78 is 0. The first kappa shape index (κ1) is 15.2. The van der Waals surface area contributed by atoms with Gasteiger partial charge in [0, 0.05) is 18.9 Å². The first-order valence-electron chi connectivity index (χ1n) is 5.84. The van der Waals surface area contributed by atoms with Gasteiger partial charge in [-0.25, -0.2) is 0 Å². The zero-order chi connectivity index (χ0) is 14.9. The highest BCUT2D eigenvalue weighted by Gasteiger charge is 2.27. The van der Waals surface area contributed by atoms with Crippen molar-refractivity contribution in [1.82, 2.24) is 5.32 Å². The maximum Gasteiger partial charge on any atom is 0.228 e. The lowest BCUT2D eigenvalue weighted by Gasteiger charge is -2.22. The molecule has 1 fully saturated rings. The van der Waals surface area contributed by atoms with E-state index in [1.807, 2.05) is 0 Å². The van der Waals surface area contributed by atoms with Crippen molar-refractivity contribution in [3.05, 3.63) is 21.1 Å². The van der Waals surface area contributed by atoms with Gasteiger partial charge >= 0.3 is 0 Å². The van der Waals surface area contributed by atoms with Crippen molar-refractivity contribution >= 4 is 52.3 Å². The Balaban J connectivity index is 2.21. The maximum absolute atomic E-state index is 12.1. The molecule has 1 aromatic rings. The fraction of sp³-hybridized carbons (Fsp3) is 0.333. The largest absolute Gasteiger partial charge is 0.504 e. The third kappa shape index (κ3) is 3.11. The van der Waals surface area contributed by atoms with E-state index in [1.165, 1.54) is 6.07 Å². The van der Waals surface area contributed by atoms with Crippen LogP contribution in [0.25, 0.3) is 0 Å². The molecule has 8 heteroatoms. The first-order valence-corrected chi connectivity index (χ1v) is 6.97. The molecule has 1 aliphatic heterocycles. The number of amides is 2. The normalized spacial score (nSPS) is 18.6. The molecule has 2 amide bonds. The number of anilines is 1. The summed E-state index contributed by atoms with van der Waals surface area (Å²) in [6, 6.07) is 1.28. The van der Waals surface area contributed by atoms with Crippen LogP contribution in [0.5, 0.6) is 5.75 Å². The van der Waals surface area contributed by atoms with Crippen molar-refractivity contribution in [2.45, 2.75) is 12.8 Å². The quantitative estimate of drug-likeness (QED) is 0.573. The van der Waals surface area contributed by atoms with Gasteiger partial charge in [-0.2, -0.15) is 0 Å². The van der Waals surface area contributed by atoms with Crippen molar-refractivity contribution in [3.63, 3.8) is 0 Å². The molecule has 20 heavy (non-hydrogen) atoms. The van der Waals surface area contributed by atoms with Crippen LogP contribution in [0.3, 0.4) is 0 Å².